The van der Waals surface area contributed by atoms with Crippen LogP contribution in [0.25, 0.3) is 10.1 Å². The lowest BCUT2D eigenvalue weighted by Crippen LogP contribution is -2.21. The lowest BCUT2D eigenvalue weighted by Gasteiger charge is -2.20. The van der Waals surface area contributed by atoms with Gasteiger partial charge in [0.05, 0.1) is 16.0 Å². The smallest absolute Gasteiger partial charge is 0.281 e. The summed E-state index contributed by atoms with van der Waals surface area (Å²) in [4.78, 5) is 25.4. The molecular weight excluding hydrogens is 376 g/mol. The number of anilines is 1. The summed E-state index contributed by atoms with van der Waals surface area (Å²) in [5, 5.41) is 15.5. The maximum absolute atomic E-state index is 12.3. The molecule has 0 spiro atoms. The van der Waals surface area contributed by atoms with Crippen molar-refractivity contribution in [3.8, 4) is 0 Å². The molecule has 144 valence electrons. The number of nitrogens with zero attached hydrogens (tertiary/aromatic N) is 3. The third-order valence-electron chi connectivity index (χ3n) is 4.34. The van der Waals surface area contributed by atoms with Crippen LogP contribution in [0.3, 0.4) is 0 Å². The van der Waals surface area contributed by atoms with Gasteiger partial charge in [0, 0.05) is 41.0 Å². The third kappa shape index (κ3) is 4.34. The Morgan fingerprint density at radius 2 is 1.89 bits per heavy atom. The fraction of sp³-hybridized carbons (Fsp3) is 0.200. The summed E-state index contributed by atoms with van der Waals surface area (Å²) >= 11 is 1.27. The number of hydrogen-bond donors (Lipinski definition) is 1. The predicted molar refractivity (Wildman–Crippen MR) is 114 cm³/mol. The highest BCUT2D eigenvalue weighted by Crippen LogP contribution is 2.28. The van der Waals surface area contributed by atoms with E-state index in [-0.39, 0.29) is 11.6 Å². The van der Waals surface area contributed by atoms with E-state index in [9.17, 15) is 14.9 Å². The molecule has 1 heterocycles. The zero-order valence-electron chi connectivity index (χ0n) is 15.6. The van der Waals surface area contributed by atoms with E-state index >= 15 is 0 Å². The van der Waals surface area contributed by atoms with E-state index < -0.39 is 4.92 Å². The Bertz CT molecular complexity index is 1020. The summed E-state index contributed by atoms with van der Waals surface area (Å²) in [5.41, 5.74) is 4.53. The number of thiophene rings is 1. The van der Waals surface area contributed by atoms with Gasteiger partial charge < -0.3 is 4.90 Å². The zero-order chi connectivity index (χ0) is 20.1. The molecule has 1 aromatic heterocycles. The number of nitro benzene ring substituents is 1. The van der Waals surface area contributed by atoms with Gasteiger partial charge in [0.2, 0.25) is 0 Å². The van der Waals surface area contributed by atoms with E-state index in [1.165, 1.54) is 23.5 Å². The van der Waals surface area contributed by atoms with Gasteiger partial charge in [-0.2, -0.15) is 5.10 Å². The standard InChI is InChI=1S/C20H20N4O3S/c1-3-23(4-2)16-7-5-14(6-8-16)13-21-22-20(25)19-12-15-11-17(24(26)27)9-10-18(15)28-19/h5-13H,3-4H2,1-2H3,(H,22,25)/b21-13-. The van der Waals surface area contributed by atoms with Crippen molar-refractivity contribution in [3.63, 3.8) is 0 Å². The molecule has 0 bridgehead atoms. The van der Waals surface area contributed by atoms with Crippen LogP contribution in [-0.4, -0.2) is 30.1 Å². The highest BCUT2D eigenvalue weighted by molar-refractivity contribution is 7.20. The van der Waals surface area contributed by atoms with E-state index in [2.05, 4.69) is 29.3 Å². The average Bonchev–Trinajstić information content (AvgIpc) is 3.13. The summed E-state index contributed by atoms with van der Waals surface area (Å²) in [6.45, 7) is 6.11. The van der Waals surface area contributed by atoms with Gasteiger partial charge in [0.1, 0.15) is 0 Å². The number of nitro groups is 1. The van der Waals surface area contributed by atoms with E-state index in [4.69, 9.17) is 0 Å². The minimum atomic E-state index is -0.452. The van der Waals surface area contributed by atoms with Crippen molar-refractivity contribution in [2.24, 2.45) is 5.10 Å². The van der Waals surface area contributed by atoms with Crippen molar-refractivity contribution < 1.29 is 9.72 Å². The fourth-order valence-corrected chi connectivity index (χ4v) is 3.77. The topological polar surface area (TPSA) is 87.8 Å². The number of hydrogen-bond acceptors (Lipinski definition) is 6. The molecule has 1 N–H and O–H groups in total. The van der Waals surface area contributed by atoms with Crippen LogP contribution in [0.5, 0.6) is 0 Å². The summed E-state index contributed by atoms with van der Waals surface area (Å²) in [5.74, 6) is -0.347. The molecule has 0 aliphatic rings. The molecule has 7 nitrogen and oxygen atoms in total. The zero-order valence-corrected chi connectivity index (χ0v) is 16.4. The van der Waals surface area contributed by atoms with Crippen molar-refractivity contribution in [3.05, 3.63) is 69.1 Å². The van der Waals surface area contributed by atoms with Crippen LogP contribution in [0.15, 0.2) is 53.6 Å². The highest BCUT2D eigenvalue weighted by Gasteiger charge is 2.12. The molecular formula is C20H20N4O3S. The first-order valence-electron chi connectivity index (χ1n) is 8.88. The maximum Gasteiger partial charge on any atom is 0.281 e. The molecule has 1 amide bonds. The lowest BCUT2D eigenvalue weighted by atomic mass is 10.2. The Kier molecular flexibility index (Phi) is 6.00. The van der Waals surface area contributed by atoms with Gasteiger partial charge in [-0.25, -0.2) is 5.43 Å². The Labute approximate surface area is 166 Å². The highest BCUT2D eigenvalue weighted by atomic mass is 32.1. The molecule has 0 radical (unpaired) electrons. The minimum Gasteiger partial charge on any atom is -0.372 e. The number of amides is 1. The van der Waals surface area contributed by atoms with E-state index in [0.29, 0.717) is 10.3 Å². The predicted octanol–water partition coefficient (Wildman–Crippen LogP) is 4.42. The first kappa shape index (κ1) is 19.5. The van der Waals surface area contributed by atoms with Crippen molar-refractivity contribution in [1.29, 1.82) is 0 Å². The summed E-state index contributed by atoms with van der Waals surface area (Å²) in [6.07, 6.45) is 1.59. The summed E-state index contributed by atoms with van der Waals surface area (Å²) < 4.78 is 0.812. The normalized spacial score (nSPS) is 11.1. The molecule has 0 fully saturated rings. The second kappa shape index (κ2) is 8.62. The first-order chi connectivity index (χ1) is 13.5. The van der Waals surface area contributed by atoms with Crippen LogP contribution in [0.2, 0.25) is 0 Å². The van der Waals surface area contributed by atoms with Crippen LogP contribution >= 0.6 is 11.3 Å². The molecule has 3 rings (SSSR count). The molecule has 0 unspecified atom stereocenters. The van der Waals surface area contributed by atoms with Gasteiger partial charge in [-0.15, -0.1) is 11.3 Å². The monoisotopic (exact) mass is 396 g/mol. The first-order valence-corrected chi connectivity index (χ1v) is 9.70. The molecule has 0 aliphatic carbocycles. The van der Waals surface area contributed by atoms with Gasteiger partial charge in [-0.1, -0.05) is 12.1 Å². The van der Waals surface area contributed by atoms with Crippen LogP contribution in [0.4, 0.5) is 11.4 Å². The van der Waals surface area contributed by atoms with E-state index in [1.807, 2.05) is 24.3 Å². The Morgan fingerprint density at radius 1 is 1.18 bits per heavy atom. The SMILES string of the molecule is CCN(CC)c1ccc(/C=N\NC(=O)c2cc3cc([N+](=O)[O-])ccc3s2)cc1. The van der Waals surface area contributed by atoms with Crippen LogP contribution in [0.1, 0.15) is 29.1 Å². The van der Waals surface area contributed by atoms with E-state index in [0.717, 1.165) is 29.0 Å². The maximum atomic E-state index is 12.3. The number of carbonyl (C=O) groups is 1. The van der Waals surface area contributed by atoms with Gasteiger partial charge in [-0.3, -0.25) is 14.9 Å². The number of carbonyl (C=O) groups excluding carboxylic acids is 1. The van der Waals surface area contributed by atoms with Crippen molar-refractivity contribution in [2.45, 2.75) is 13.8 Å². The van der Waals surface area contributed by atoms with Crippen molar-refractivity contribution in [2.75, 3.05) is 18.0 Å². The minimum absolute atomic E-state index is 0.00318. The second-order valence-electron chi connectivity index (χ2n) is 6.05. The number of nitrogens with one attached hydrogen (secondary N) is 1. The number of rotatable bonds is 7. The molecule has 0 saturated heterocycles. The van der Waals surface area contributed by atoms with Crippen molar-refractivity contribution in [1.82, 2.24) is 5.43 Å². The van der Waals surface area contributed by atoms with Gasteiger partial charge in [0.15, 0.2) is 0 Å². The van der Waals surface area contributed by atoms with Crippen LogP contribution in [-0.2, 0) is 0 Å². The second-order valence-corrected chi connectivity index (χ2v) is 7.14. The number of hydrazone groups is 1. The lowest BCUT2D eigenvalue weighted by molar-refractivity contribution is -0.384. The average molecular weight is 396 g/mol. The largest absolute Gasteiger partial charge is 0.372 e. The van der Waals surface area contributed by atoms with Crippen LogP contribution in [0, 0.1) is 10.1 Å². The summed E-state index contributed by atoms with van der Waals surface area (Å²) in [7, 11) is 0. The Balaban J connectivity index is 1.66. The summed E-state index contributed by atoms with van der Waals surface area (Å²) in [6, 6.07) is 14.1. The molecule has 0 aliphatic heterocycles. The van der Waals surface area contributed by atoms with Gasteiger partial charge in [-0.05, 0) is 43.7 Å². The molecule has 0 saturated carbocycles. The molecule has 2 aromatic carbocycles. The third-order valence-corrected chi connectivity index (χ3v) is 5.45. The quantitative estimate of drug-likeness (QED) is 0.364. The molecule has 3 aromatic rings. The molecule has 28 heavy (non-hydrogen) atoms. The Hall–Kier alpha value is -3.26. The van der Waals surface area contributed by atoms with Gasteiger partial charge >= 0.3 is 0 Å². The molecule has 8 heteroatoms. The van der Waals surface area contributed by atoms with Crippen molar-refractivity contribution >= 4 is 44.9 Å². The number of fused-ring (bicyclic) bond motifs is 1. The van der Waals surface area contributed by atoms with E-state index in [1.54, 1.807) is 18.3 Å². The van der Waals surface area contributed by atoms with Crippen LogP contribution < -0.4 is 10.3 Å². The fourth-order valence-electron chi connectivity index (χ4n) is 2.84. The number of non-ortho nitro benzene ring substituents is 1. The number of benzene rings is 2. The molecule has 0 atom stereocenters. The Morgan fingerprint density at radius 3 is 2.54 bits per heavy atom. The van der Waals surface area contributed by atoms with Gasteiger partial charge in [0.25, 0.3) is 11.6 Å².